The summed E-state index contributed by atoms with van der Waals surface area (Å²) in [7, 11) is 0. The first-order valence-electron chi connectivity index (χ1n) is 9.47. The van der Waals surface area contributed by atoms with Crippen molar-refractivity contribution in [3.05, 3.63) is 35.4 Å². The molecule has 26 heavy (non-hydrogen) atoms. The van der Waals surface area contributed by atoms with Gasteiger partial charge in [0.25, 0.3) is 0 Å². The fraction of sp³-hybridized carbons (Fsp3) is 0.619. The molecule has 1 amide bonds. The van der Waals surface area contributed by atoms with Crippen molar-refractivity contribution < 1.29 is 19.4 Å². The van der Waals surface area contributed by atoms with E-state index >= 15 is 0 Å². The third-order valence-electron chi connectivity index (χ3n) is 7.31. The molecule has 1 heterocycles. The van der Waals surface area contributed by atoms with Gasteiger partial charge in [0.15, 0.2) is 0 Å². The molecule has 2 aliphatic carbocycles. The minimum atomic E-state index is -0.914. The van der Waals surface area contributed by atoms with Crippen molar-refractivity contribution in [1.82, 2.24) is 5.32 Å². The molecular formula is C21H27NO4. The second kappa shape index (κ2) is 5.81. The van der Waals surface area contributed by atoms with Gasteiger partial charge in [-0.25, -0.2) is 4.79 Å². The predicted molar refractivity (Wildman–Crippen MR) is 96.7 cm³/mol. The average molecular weight is 357 g/mol. The summed E-state index contributed by atoms with van der Waals surface area (Å²) >= 11 is 0. The van der Waals surface area contributed by atoms with E-state index in [9.17, 15) is 14.7 Å². The normalized spacial score (nSPS) is 37.2. The van der Waals surface area contributed by atoms with Crippen LogP contribution < -0.4 is 5.32 Å². The largest absolute Gasteiger partial charge is 0.478 e. The van der Waals surface area contributed by atoms with Crippen LogP contribution in [-0.2, 0) is 9.53 Å². The number of hydrogen-bond donors (Lipinski definition) is 2. The zero-order valence-corrected chi connectivity index (χ0v) is 15.6. The molecule has 1 saturated heterocycles. The zero-order valence-electron chi connectivity index (χ0n) is 15.6. The van der Waals surface area contributed by atoms with Crippen LogP contribution in [0.2, 0.25) is 0 Å². The maximum absolute atomic E-state index is 11.9. The number of carbonyl (C=O) groups excluding carboxylic acids is 1. The zero-order chi connectivity index (χ0) is 18.7. The molecule has 2 N–H and O–H groups in total. The lowest BCUT2D eigenvalue weighted by atomic mass is 9.59. The first kappa shape index (κ1) is 17.5. The molecule has 1 aromatic rings. The number of carbonyl (C=O) groups is 2. The summed E-state index contributed by atoms with van der Waals surface area (Å²) < 4.78 is 6.18. The summed E-state index contributed by atoms with van der Waals surface area (Å²) in [4.78, 5) is 23.3. The highest BCUT2D eigenvalue weighted by Crippen LogP contribution is 2.70. The van der Waals surface area contributed by atoms with Crippen LogP contribution in [-0.4, -0.2) is 29.6 Å². The molecule has 1 aromatic carbocycles. The maximum Gasteiger partial charge on any atom is 0.335 e. The van der Waals surface area contributed by atoms with Crippen LogP contribution in [0.1, 0.15) is 62.1 Å². The topological polar surface area (TPSA) is 75.6 Å². The van der Waals surface area contributed by atoms with Crippen LogP contribution >= 0.6 is 0 Å². The quantitative estimate of drug-likeness (QED) is 0.869. The summed E-state index contributed by atoms with van der Waals surface area (Å²) in [6, 6.07) is 7.28. The molecule has 3 aliphatic rings. The fourth-order valence-corrected chi connectivity index (χ4v) is 6.17. The molecule has 2 saturated carbocycles. The van der Waals surface area contributed by atoms with E-state index < -0.39 is 5.97 Å². The number of nitrogens with one attached hydrogen (secondary N) is 1. The highest BCUT2D eigenvalue weighted by Gasteiger charge is 2.68. The lowest BCUT2D eigenvalue weighted by Gasteiger charge is -2.53. The first-order valence-corrected chi connectivity index (χ1v) is 9.47. The number of amides is 1. The lowest BCUT2D eigenvalue weighted by Crippen LogP contribution is -2.58. The predicted octanol–water partition coefficient (Wildman–Crippen LogP) is 3.40. The number of carboxylic acids is 1. The molecule has 5 heteroatoms. The molecule has 0 radical (unpaired) electrons. The number of hydrogen-bond acceptors (Lipinski definition) is 3. The van der Waals surface area contributed by atoms with Crippen molar-refractivity contribution in [2.75, 3.05) is 6.61 Å². The van der Waals surface area contributed by atoms with Crippen LogP contribution in [0.3, 0.4) is 0 Å². The maximum atomic E-state index is 11.9. The molecule has 1 spiro atoms. The van der Waals surface area contributed by atoms with Crippen LogP contribution in [0.5, 0.6) is 0 Å². The Morgan fingerprint density at radius 1 is 1.31 bits per heavy atom. The van der Waals surface area contributed by atoms with Crippen molar-refractivity contribution >= 4 is 11.9 Å². The summed E-state index contributed by atoms with van der Waals surface area (Å²) in [6.07, 6.45) is 3.05. The van der Waals surface area contributed by atoms with E-state index in [1.165, 1.54) is 0 Å². The second-order valence-corrected chi connectivity index (χ2v) is 8.90. The van der Waals surface area contributed by atoms with Gasteiger partial charge in [-0.1, -0.05) is 26.0 Å². The Hall–Kier alpha value is -1.88. The van der Waals surface area contributed by atoms with E-state index in [4.69, 9.17) is 4.74 Å². The van der Waals surface area contributed by atoms with E-state index in [0.717, 1.165) is 24.8 Å². The van der Waals surface area contributed by atoms with Gasteiger partial charge < -0.3 is 15.2 Å². The monoisotopic (exact) mass is 357 g/mol. The number of aromatic carboxylic acids is 1. The van der Waals surface area contributed by atoms with E-state index in [0.29, 0.717) is 24.0 Å². The van der Waals surface area contributed by atoms with Gasteiger partial charge in [-0.05, 0) is 59.6 Å². The van der Waals surface area contributed by atoms with Gasteiger partial charge in [-0.2, -0.15) is 0 Å². The SMILES string of the molecule is CC(=O)N[C@H]1C(C)(C)[C@@H]2C[C@@H]3[C@@H](c4cccc(C(=O)O)c4)OCCC31C2. The third kappa shape index (κ3) is 2.40. The van der Waals surface area contributed by atoms with Crippen molar-refractivity contribution in [2.24, 2.45) is 22.7 Å². The van der Waals surface area contributed by atoms with Gasteiger partial charge in [0.2, 0.25) is 5.91 Å². The van der Waals surface area contributed by atoms with Gasteiger partial charge in [0, 0.05) is 19.6 Å². The van der Waals surface area contributed by atoms with Gasteiger partial charge in [-0.3, -0.25) is 4.79 Å². The Kier molecular flexibility index (Phi) is 3.92. The van der Waals surface area contributed by atoms with Crippen LogP contribution in [0, 0.1) is 22.7 Å². The highest BCUT2D eigenvalue weighted by atomic mass is 16.5. The van der Waals surface area contributed by atoms with E-state index in [-0.39, 0.29) is 28.9 Å². The Morgan fingerprint density at radius 3 is 2.77 bits per heavy atom. The summed E-state index contributed by atoms with van der Waals surface area (Å²) in [5.74, 6) is -0.0198. The molecular weight excluding hydrogens is 330 g/mol. The number of carboxylic acid groups (broad SMARTS) is 1. The number of fused-ring (bicyclic) bond motifs is 1. The lowest BCUT2D eigenvalue weighted by molar-refractivity contribution is -0.136. The molecule has 0 aromatic heterocycles. The second-order valence-electron chi connectivity index (χ2n) is 8.90. The molecule has 1 unspecified atom stereocenters. The Bertz CT molecular complexity index is 758. The molecule has 2 bridgehead atoms. The molecule has 1 aliphatic heterocycles. The van der Waals surface area contributed by atoms with E-state index in [1.54, 1.807) is 25.1 Å². The Balaban J connectivity index is 1.71. The van der Waals surface area contributed by atoms with Gasteiger partial charge >= 0.3 is 5.97 Å². The fourth-order valence-electron chi connectivity index (χ4n) is 6.17. The van der Waals surface area contributed by atoms with Gasteiger partial charge in [0.05, 0.1) is 11.7 Å². The summed E-state index contributed by atoms with van der Waals surface area (Å²) in [5, 5.41) is 12.6. The van der Waals surface area contributed by atoms with Crippen molar-refractivity contribution in [1.29, 1.82) is 0 Å². The Morgan fingerprint density at radius 2 is 2.08 bits per heavy atom. The van der Waals surface area contributed by atoms with Gasteiger partial charge in [-0.15, -0.1) is 0 Å². The van der Waals surface area contributed by atoms with Crippen molar-refractivity contribution in [3.63, 3.8) is 0 Å². The van der Waals surface area contributed by atoms with Crippen LogP contribution in [0.25, 0.3) is 0 Å². The first-order chi connectivity index (χ1) is 12.3. The third-order valence-corrected chi connectivity index (χ3v) is 7.31. The molecule has 4 rings (SSSR count). The number of ether oxygens (including phenoxy) is 1. The molecule has 140 valence electrons. The molecule has 5 nitrogen and oxygen atoms in total. The van der Waals surface area contributed by atoms with Crippen molar-refractivity contribution in [3.8, 4) is 0 Å². The standard InChI is InChI=1S/C21H27NO4/c1-12(23)22-19-20(2,3)15-10-16-17(26-8-7-21(16,19)11-15)13-5-4-6-14(9-13)18(24)25/h4-6,9,15-17,19H,7-8,10-11H2,1-3H3,(H,22,23)(H,24,25)/t15-,16-,17-,19+,21?/m1/s1. The van der Waals surface area contributed by atoms with Crippen LogP contribution in [0.4, 0.5) is 0 Å². The number of rotatable bonds is 3. The highest BCUT2D eigenvalue weighted by molar-refractivity contribution is 5.87. The number of benzene rings is 1. The molecule has 3 fully saturated rings. The van der Waals surface area contributed by atoms with E-state index in [2.05, 4.69) is 19.2 Å². The molecule has 5 atom stereocenters. The van der Waals surface area contributed by atoms with E-state index in [1.807, 2.05) is 6.07 Å². The van der Waals surface area contributed by atoms with Crippen LogP contribution in [0.15, 0.2) is 24.3 Å². The minimum Gasteiger partial charge on any atom is -0.478 e. The Labute approximate surface area is 154 Å². The smallest absolute Gasteiger partial charge is 0.335 e. The van der Waals surface area contributed by atoms with Gasteiger partial charge in [0.1, 0.15) is 0 Å². The minimum absolute atomic E-state index is 0.0275. The average Bonchev–Trinajstić information content (AvgIpc) is 3.07. The van der Waals surface area contributed by atoms with Crippen molar-refractivity contribution in [2.45, 2.75) is 52.2 Å². The summed E-state index contributed by atoms with van der Waals surface area (Å²) in [5.41, 5.74) is 1.36. The summed E-state index contributed by atoms with van der Waals surface area (Å²) in [6.45, 7) is 6.80.